The summed E-state index contributed by atoms with van der Waals surface area (Å²) in [4.78, 5) is 4.25. The van der Waals surface area contributed by atoms with Crippen LogP contribution in [0.2, 0.25) is 0 Å². The Bertz CT molecular complexity index is 673. The third kappa shape index (κ3) is 2.20. The molecule has 0 amide bonds. The van der Waals surface area contributed by atoms with Gasteiger partial charge in [0.1, 0.15) is 18.3 Å². The zero-order chi connectivity index (χ0) is 15.9. The van der Waals surface area contributed by atoms with Gasteiger partial charge < -0.3 is 34.1 Å². The molecule has 120 valence electrons. The Labute approximate surface area is 126 Å². The highest BCUT2D eigenvalue weighted by Crippen LogP contribution is 2.36. The number of fused-ring (bicyclic) bond motifs is 1. The average molecular weight is 310 g/mol. The summed E-state index contributed by atoms with van der Waals surface area (Å²) in [6, 6.07) is 3.43. The molecule has 1 fully saturated rings. The number of hydrogen-bond acceptors (Lipinski definition) is 7. The van der Waals surface area contributed by atoms with Crippen molar-refractivity contribution in [3.05, 3.63) is 18.5 Å². The van der Waals surface area contributed by atoms with Gasteiger partial charge in [-0.2, -0.15) is 0 Å². The van der Waals surface area contributed by atoms with E-state index >= 15 is 0 Å². The minimum atomic E-state index is -1.16. The van der Waals surface area contributed by atoms with Crippen LogP contribution >= 0.6 is 0 Å². The van der Waals surface area contributed by atoms with Crippen LogP contribution in [-0.2, 0) is 4.74 Å². The third-order valence-electron chi connectivity index (χ3n) is 3.87. The van der Waals surface area contributed by atoms with E-state index in [2.05, 4.69) is 4.98 Å². The molecule has 3 rings (SSSR count). The summed E-state index contributed by atoms with van der Waals surface area (Å²) in [6.45, 7) is -0.376. The minimum Gasteiger partial charge on any atom is -0.493 e. The number of aliphatic hydroxyl groups excluding tert-OH is 3. The number of aliphatic hydroxyl groups is 3. The van der Waals surface area contributed by atoms with Gasteiger partial charge in [-0.25, -0.2) is 4.98 Å². The van der Waals surface area contributed by atoms with Crippen molar-refractivity contribution in [3.63, 3.8) is 0 Å². The number of imidazole rings is 1. The second kappa shape index (κ2) is 5.73. The Morgan fingerprint density at radius 2 is 1.86 bits per heavy atom. The third-order valence-corrected chi connectivity index (χ3v) is 3.87. The van der Waals surface area contributed by atoms with Gasteiger partial charge in [0.2, 0.25) is 0 Å². The van der Waals surface area contributed by atoms with E-state index in [1.807, 2.05) is 0 Å². The quantitative estimate of drug-likeness (QED) is 0.709. The van der Waals surface area contributed by atoms with Gasteiger partial charge in [0, 0.05) is 12.1 Å². The van der Waals surface area contributed by atoms with Gasteiger partial charge in [-0.15, -0.1) is 0 Å². The smallest absolute Gasteiger partial charge is 0.164 e. The van der Waals surface area contributed by atoms with Gasteiger partial charge in [0.15, 0.2) is 17.7 Å². The fourth-order valence-electron chi connectivity index (χ4n) is 2.67. The lowest BCUT2D eigenvalue weighted by Crippen LogP contribution is -2.33. The van der Waals surface area contributed by atoms with Crippen LogP contribution in [0.5, 0.6) is 11.5 Å². The zero-order valence-corrected chi connectivity index (χ0v) is 12.2. The molecule has 1 saturated heterocycles. The maximum Gasteiger partial charge on any atom is 0.164 e. The van der Waals surface area contributed by atoms with E-state index in [1.54, 1.807) is 16.7 Å². The van der Waals surface area contributed by atoms with E-state index in [9.17, 15) is 15.3 Å². The molecule has 8 nitrogen and oxygen atoms in total. The molecule has 3 N–H and O–H groups in total. The monoisotopic (exact) mass is 310 g/mol. The van der Waals surface area contributed by atoms with E-state index in [0.29, 0.717) is 22.5 Å². The molecule has 0 spiro atoms. The van der Waals surface area contributed by atoms with Gasteiger partial charge in [-0.3, -0.25) is 0 Å². The number of methoxy groups -OCH3 is 2. The van der Waals surface area contributed by atoms with Crippen molar-refractivity contribution < 1.29 is 29.5 Å². The van der Waals surface area contributed by atoms with Crippen molar-refractivity contribution in [1.29, 1.82) is 0 Å². The summed E-state index contributed by atoms with van der Waals surface area (Å²) < 4.78 is 17.6. The molecule has 22 heavy (non-hydrogen) atoms. The molecule has 1 aromatic carbocycles. The number of hydrogen-bond donors (Lipinski definition) is 3. The molecular weight excluding hydrogens is 292 g/mol. The normalized spacial score (nSPS) is 28.2. The Hall–Kier alpha value is -1.87. The standard InChI is InChI=1S/C14H18N2O6/c1-20-9-3-7-8(4-10(9)21-2)16(6-15-7)14-13(19)12(18)11(5-17)22-14/h3-4,6,11-14,17-19H,5H2,1-2H3/t11-,12-,13-,14-/m1/s1. The van der Waals surface area contributed by atoms with E-state index in [1.165, 1.54) is 20.5 Å². The first kappa shape index (κ1) is 15.0. The number of rotatable bonds is 4. The topological polar surface area (TPSA) is 106 Å². The van der Waals surface area contributed by atoms with Gasteiger partial charge in [-0.05, 0) is 0 Å². The highest BCUT2D eigenvalue weighted by atomic mass is 16.6. The Morgan fingerprint density at radius 3 is 2.45 bits per heavy atom. The molecular formula is C14H18N2O6. The van der Waals surface area contributed by atoms with Crippen molar-refractivity contribution in [2.45, 2.75) is 24.5 Å². The molecule has 0 saturated carbocycles. The van der Waals surface area contributed by atoms with Crippen molar-refractivity contribution >= 4 is 11.0 Å². The predicted molar refractivity (Wildman–Crippen MR) is 75.8 cm³/mol. The van der Waals surface area contributed by atoms with Crippen molar-refractivity contribution in [1.82, 2.24) is 9.55 Å². The Morgan fingerprint density at radius 1 is 1.18 bits per heavy atom. The molecule has 4 atom stereocenters. The predicted octanol–water partition coefficient (Wildman–Crippen LogP) is -0.335. The molecule has 0 unspecified atom stereocenters. The molecule has 1 aliphatic rings. The van der Waals surface area contributed by atoms with Crippen LogP contribution in [0.15, 0.2) is 18.5 Å². The number of benzene rings is 1. The average Bonchev–Trinajstić information content (AvgIpc) is 3.07. The molecule has 0 aliphatic carbocycles. The van der Waals surface area contributed by atoms with Crippen LogP contribution in [0.1, 0.15) is 6.23 Å². The second-order valence-electron chi connectivity index (χ2n) is 5.08. The lowest BCUT2D eigenvalue weighted by atomic mass is 10.1. The summed E-state index contributed by atoms with van der Waals surface area (Å²) in [5, 5.41) is 29.2. The largest absolute Gasteiger partial charge is 0.493 e. The minimum absolute atomic E-state index is 0.376. The number of nitrogens with zero attached hydrogens (tertiary/aromatic N) is 2. The van der Waals surface area contributed by atoms with Crippen LogP contribution in [0.4, 0.5) is 0 Å². The molecule has 2 aromatic rings. The maximum atomic E-state index is 10.1. The van der Waals surface area contributed by atoms with Gasteiger partial charge in [0.25, 0.3) is 0 Å². The fourth-order valence-corrected chi connectivity index (χ4v) is 2.67. The molecule has 1 aliphatic heterocycles. The molecule has 2 heterocycles. The lowest BCUT2D eigenvalue weighted by molar-refractivity contribution is -0.0508. The van der Waals surface area contributed by atoms with Crippen LogP contribution in [-0.4, -0.2) is 64.0 Å². The van der Waals surface area contributed by atoms with Gasteiger partial charge in [0.05, 0.1) is 38.2 Å². The first-order chi connectivity index (χ1) is 10.6. The van der Waals surface area contributed by atoms with E-state index < -0.39 is 24.5 Å². The highest BCUT2D eigenvalue weighted by Gasteiger charge is 2.43. The van der Waals surface area contributed by atoms with Crippen LogP contribution in [0.25, 0.3) is 11.0 Å². The first-order valence-corrected chi connectivity index (χ1v) is 6.81. The molecule has 0 radical (unpaired) electrons. The van der Waals surface area contributed by atoms with E-state index in [-0.39, 0.29) is 6.61 Å². The molecule has 0 bridgehead atoms. The summed E-state index contributed by atoms with van der Waals surface area (Å²) in [6.07, 6.45) is -2.49. The van der Waals surface area contributed by atoms with E-state index in [4.69, 9.17) is 14.2 Å². The lowest BCUT2D eigenvalue weighted by Gasteiger charge is -2.17. The van der Waals surface area contributed by atoms with Gasteiger partial charge >= 0.3 is 0 Å². The number of aromatic nitrogens is 2. The fraction of sp³-hybridized carbons (Fsp3) is 0.500. The SMILES string of the molecule is COc1cc2ncn([C@@H]3O[C@H](CO)[C@@H](O)[C@H]3O)c2cc1OC. The first-order valence-electron chi connectivity index (χ1n) is 6.81. The summed E-state index contributed by atoms with van der Waals surface area (Å²) in [5.74, 6) is 1.06. The molecule has 8 heteroatoms. The highest BCUT2D eigenvalue weighted by molar-refractivity contribution is 5.80. The van der Waals surface area contributed by atoms with Crippen molar-refractivity contribution in [3.8, 4) is 11.5 Å². The summed E-state index contributed by atoms with van der Waals surface area (Å²) in [5.41, 5.74) is 1.29. The van der Waals surface area contributed by atoms with Crippen molar-refractivity contribution in [2.75, 3.05) is 20.8 Å². The van der Waals surface area contributed by atoms with Crippen LogP contribution in [0.3, 0.4) is 0 Å². The maximum absolute atomic E-state index is 10.1. The Balaban J connectivity index is 2.05. The molecule has 1 aromatic heterocycles. The van der Waals surface area contributed by atoms with Gasteiger partial charge in [-0.1, -0.05) is 0 Å². The summed E-state index contributed by atoms with van der Waals surface area (Å²) in [7, 11) is 3.06. The van der Waals surface area contributed by atoms with Crippen molar-refractivity contribution in [2.24, 2.45) is 0 Å². The van der Waals surface area contributed by atoms with E-state index in [0.717, 1.165) is 0 Å². The van der Waals surface area contributed by atoms with Crippen LogP contribution < -0.4 is 9.47 Å². The summed E-state index contributed by atoms with van der Waals surface area (Å²) >= 11 is 0. The zero-order valence-electron chi connectivity index (χ0n) is 12.2. The second-order valence-corrected chi connectivity index (χ2v) is 5.08. The number of ether oxygens (including phenoxy) is 3. The Kier molecular flexibility index (Phi) is 3.92. The van der Waals surface area contributed by atoms with Crippen LogP contribution in [0, 0.1) is 0 Å².